The molecular formula is C14H9ClN2O2. The van der Waals surface area contributed by atoms with Gasteiger partial charge in [0.2, 0.25) is 5.89 Å². The summed E-state index contributed by atoms with van der Waals surface area (Å²) in [5.41, 5.74) is 1.51. The number of fused-ring (bicyclic) bond motifs is 1. The molecule has 0 aliphatic rings. The molecule has 0 aliphatic carbocycles. The number of hydrogen-bond donors (Lipinski definition) is 0. The Labute approximate surface area is 113 Å². The van der Waals surface area contributed by atoms with Crippen LogP contribution < -0.4 is 5.63 Å². The van der Waals surface area contributed by atoms with Crippen LogP contribution in [0.15, 0.2) is 45.7 Å². The van der Waals surface area contributed by atoms with E-state index in [1.54, 1.807) is 24.4 Å². The van der Waals surface area contributed by atoms with Crippen LogP contribution in [0.5, 0.6) is 0 Å². The van der Waals surface area contributed by atoms with Crippen molar-refractivity contribution >= 4 is 22.5 Å². The first-order valence-corrected chi connectivity index (χ1v) is 6.06. The second-order valence-corrected chi connectivity index (χ2v) is 4.48. The summed E-state index contributed by atoms with van der Waals surface area (Å²) in [7, 11) is 0. The quantitative estimate of drug-likeness (QED) is 0.638. The summed E-state index contributed by atoms with van der Waals surface area (Å²) < 4.78 is 5.25. The normalized spacial score (nSPS) is 10.8. The van der Waals surface area contributed by atoms with E-state index in [1.165, 1.54) is 0 Å². The van der Waals surface area contributed by atoms with Crippen LogP contribution in [0.25, 0.3) is 22.4 Å². The second kappa shape index (κ2) is 4.48. The minimum atomic E-state index is -0.419. The Kier molecular flexibility index (Phi) is 2.80. The minimum Gasteiger partial charge on any atom is -0.403 e. The fraction of sp³-hybridized carbons (Fsp3) is 0.0714. The Morgan fingerprint density at radius 2 is 2.05 bits per heavy atom. The van der Waals surface area contributed by atoms with E-state index in [0.717, 1.165) is 5.56 Å². The average Bonchev–Trinajstić information content (AvgIpc) is 2.39. The molecule has 0 N–H and O–H groups in total. The van der Waals surface area contributed by atoms with Crippen molar-refractivity contribution < 1.29 is 4.42 Å². The number of pyridine rings is 1. The van der Waals surface area contributed by atoms with Crippen molar-refractivity contribution in [1.82, 2.24) is 9.97 Å². The van der Waals surface area contributed by atoms with Crippen LogP contribution in [0.1, 0.15) is 5.56 Å². The van der Waals surface area contributed by atoms with E-state index in [1.807, 2.05) is 19.1 Å². The molecule has 0 spiro atoms. The molecule has 0 fully saturated rings. The Morgan fingerprint density at radius 1 is 1.21 bits per heavy atom. The van der Waals surface area contributed by atoms with E-state index in [2.05, 4.69) is 9.97 Å². The topological polar surface area (TPSA) is 56.0 Å². The Morgan fingerprint density at radius 3 is 2.84 bits per heavy atom. The molecule has 5 heteroatoms. The van der Waals surface area contributed by atoms with Gasteiger partial charge in [-0.25, -0.2) is 14.8 Å². The maximum atomic E-state index is 12.0. The summed E-state index contributed by atoms with van der Waals surface area (Å²) in [5.74, 6) is 0.182. The highest BCUT2D eigenvalue weighted by Gasteiger charge is 2.12. The van der Waals surface area contributed by atoms with Crippen LogP contribution in [0.2, 0.25) is 5.15 Å². The van der Waals surface area contributed by atoms with E-state index >= 15 is 0 Å². The van der Waals surface area contributed by atoms with E-state index in [-0.39, 0.29) is 11.0 Å². The van der Waals surface area contributed by atoms with Crippen molar-refractivity contribution in [2.45, 2.75) is 6.92 Å². The fourth-order valence-corrected chi connectivity index (χ4v) is 2.14. The van der Waals surface area contributed by atoms with E-state index in [4.69, 9.17) is 16.0 Å². The summed E-state index contributed by atoms with van der Waals surface area (Å²) in [4.78, 5) is 20.3. The molecule has 19 heavy (non-hydrogen) atoms. The van der Waals surface area contributed by atoms with Crippen LogP contribution in [0, 0.1) is 6.92 Å². The summed E-state index contributed by atoms with van der Waals surface area (Å²) in [5, 5.41) is 0.747. The molecule has 1 aromatic carbocycles. The predicted molar refractivity (Wildman–Crippen MR) is 73.3 cm³/mol. The third kappa shape index (κ3) is 2.00. The van der Waals surface area contributed by atoms with Gasteiger partial charge in [-0.3, -0.25) is 0 Å². The molecule has 3 aromatic rings. The SMILES string of the molecule is Cc1cccc2nc(-c3cccnc3Cl)oc(=O)c12. The average molecular weight is 273 g/mol. The monoisotopic (exact) mass is 272 g/mol. The standard InChI is InChI=1S/C14H9ClN2O2/c1-8-4-2-6-10-11(8)14(18)19-13(17-10)9-5-3-7-16-12(9)15/h2-7H,1H3. The van der Waals surface area contributed by atoms with Gasteiger partial charge in [0.1, 0.15) is 5.15 Å². The summed E-state index contributed by atoms with van der Waals surface area (Å²) in [6.45, 7) is 1.84. The summed E-state index contributed by atoms with van der Waals surface area (Å²) in [6.07, 6.45) is 1.56. The third-order valence-electron chi connectivity index (χ3n) is 2.86. The van der Waals surface area contributed by atoms with E-state index in [0.29, 0.717) is 16.5 Å². The molecule has 4 nitrogen and oxygen atoms in total. The highest BCUT2D eigenvalue weighted by atomic mass is 35.5. The van der Waals surface area contributed by atoms with E-state index < -0.39 is 5.63 Å². The van der Waals surface area contributed by atoms with Crippen molar-refractivity contribution in [1.29, 1.82) is 0 Å². The molecule has 0 radical (unpaired) electrons. The van der Waals surface area contributed by atoms with Gasteiger partial charge in [-0.1, -0.05) is 23.7 Å². The van der Waals surface area contributed by atoms with Crippen molar-refractivity contribution in [3.8, 4) is 11.5 Å². The molecule has 0 aliphatic heterocycles. The number of benzene rings is 1. The van der Waals surface area contributed by atoms with Gasteiger partial charge in [-0.2, -0.15) is 0 Å². The number of halogens is 1. The van der Waals surface area contributed by atoms with Crippen LogP contribution in [-0.2, 0) is 0 Å². The maximum absolute atomic E-state index is 12.0. The third-order valence-corrected chi connectivity index (χ3v) is 3.16. The number of aromatic nitrogens is 2. The maximum Gasteiger partial charge on any atom is 0.347 e. The summed E-state index contributed by atoms with van der Waals surface area (Å²) in [6, 6.07) is 8.88. The highest BCUT2D eigenvalue weighted by molar-refractivity contribution is 6.31. The zero-order valence-electron chi connectivity index (χ0n) is 10.1. The number of hydrogen-bond acceptors (Lipinski definition) is 4. The first-order chi connectivity index (χ1) is 9.16. The molecule has 0 bridgehead atoms. The smallest absolute Gasteiger partial charge is 0.347 e. The van der Waals surface area contributed by atoms with Gasteiger partial charge in [0.15, 0.2) is 0 Å². The van der Waals surface area contributed by atoms with Crippen LogP contribution in [-0.4, -0.2) is 9.97 Å². The Balaban J connectivity index is 2.34. The van der Waals surface area contributed by atoms with Crippen molar-refractivity contribution in [3.05, 3.63) is 57.7 Å². The summed E-state index contributed by atoms with van der Waals surface area (Å²) >= 11 is 5.98. The van der Waals surface area contributed by atoms with Gasteiger partial charge >= 0.3 is 5.63 Å². The molecule has 0 atom stereocenters. The number of rotatable bonds is 1. The zero-order chi connectivity index (χ0) is 13.4. The van der Waals surface area contributed by atoms with Crippen molar-refractivity contribution in [2.24, 2.45) is 0 Å². The Hall–Kier alpha value is -2.20. The van der Waals surface area contributed by atoms with E-state index in [9.17, 15) is 4.79 Å². The van der Waals surface area contributed by atoms with Gasteiger partial charge in [0, 0.05) is 6.20 Å². The lowest BCUT2D eigenvalue weighted by molar-refractivity contribution is 0.518. The molecule has 0 amide bonds. The van der Waals surface area contributed by atoms with Crippen LogP contribution in [0.3, 0.4) is 0 Å². The first kappa shape index (κ1) is 11.9. The molecular weight excluding hydrogens is 264 g/mol. The first-order valence-electron chi connectivity index (χ1n) is 5.68. The molecule has 2 heterocycles. The molecule has 3 rings (SSSR count). The zero-order valence-corrected chi connectivity index (χ0v) is 10.8. The molecule has 2 aromatic heterocycles. The van der Waals surface area contributed by atoms with Gasteiger partial charge in [-0.05, 0) is 30.7 Å². The number of nitrogens with zero attached hydrogens (tertiary/aromatic N) is 2. The fourth-order valence-electron chi connectivity index (χ4n) is 1.94. The van der Waals surface area contributed by atoms with Crippen LogP contribution >= 0.6 is 11.6 Å². The largest absolute Gasteiger partial charge is 0.403 e. The molecule has 0 saturated heterocycles. The van der Waals surface area contributed by atoms with Gasteiger partial charge in [0.05, 0.1) is 16.5 Å². The molecule has 94 valence electrons. The second-order valence-electron chi connectivity index (χ2n) is 4.12. The van der Waals surface area contributed by atoms with Gasteiger partial charge in [-0.15, -0.1) is 0 Å². The van der Waals surface area contributed by atoms with Gasteiger partial charge in [0.25, 0.3) is 0 Å². The lowest BCUT2D eigenvalue weighted by Crippen LogP contribution is -2.04. The Bertz CT molecular complexity index is 827. The van der Waals surface area contributed by atoms with Gasteiger partial charge < -0.3 is 4.42 Å². The molecule has 0 unspecified atom stereocenters. The highest BCUT2D eigenvalue weighted by Crippen LogP contribution is 2.24. The lowest BCUT2D eigenvalue weighted by atomic mass is 10.1. The molecule has 0 saturated carbocycles. The van der Waals surface area contributed by atoms with Crippen LogP contribution in [0.4, 0.5) is 0 Å². The van der Waals surface area contributed by atoms with Crippen molar-refractivity contribution in [2.75, 3.05) is 0 Å². The predicted octanol–water partition coefficient (Wildman–Crippen LogP) is 3.21. The lowest BCUT2D eigenvalue weighted by Gasteiger charge is -2.04. The van der Waals surface area contributed by atoms with Crippen molar-refractivity contribution in [3.63, 3.8) is 0 Å². The number of aryl methyl sites for hydroxylation is 1. The minimum absolute atomic E-state index is 0.182.